The van der Waals surface area contributed by atoms with Gasteiger partial charge in [0.15, 0.2) is 0 Å². The van der Waals surface area contributed by atoms with E-state index in [0.717, 1.165) is 23.3 Å². The summed E-state index contributed by atoms with van der Waals surface area (Å²) in [6.07, 6.45) is 0.316. The maximum atomic E-state index is 13.3. The zero-order valence-electron chi connectivity index (χ0n) is 17.1. The summed E-state index contributed by atoms with van der Waals surface area (Å²) in [5.74, 6) is -1.50. The monoisotopic (exact) mass is 457 g/mol. The van der Waals surface area contributed by atoms with Crippen LogP contribution in [0.5, 0.6) is 0 Å². The minimum atomic E-state index is -3.97. The summed E-state index contributed by atoms with van der Waals surface area (Å²) in [5.41, 5.74) is 2.33. The van der Waals surface area contributed by atoms with E-state index in [1.165, 1.54) is 40.7 Å². The number of ether oxygens (including phenoxy) is 1. The van der Waals surface area contributed by atoms with E-state index in [0.29, 0.717) is 12.0 Å². The Balaban J connectivity index is 1.58. The van der Waals surface area contributed by atoms with Crippen LogP contribution in [-0.2, 0) is 32.6 Å². The van der Waals surface area contributed by atoms with Crippen LogP contribution in [0.1, 0.15) is 29.2 Å². The van der Waals surface area contributed by atoms with Gasteiger partial charge in [-0.05, 0) is 59.5 Å². The van der Waals surface area contributed by atoms with Crippen LogP contribution in [0, 0.1) is 11.6 Å². The molecule has 1 aliphatic rings. The molecule has 4 rings (SSSR count). The van der Waals surface area contributed by atoms with Gasteiger partial charge in [-0.25, -0.2) is 17.2 Å². The summed E-state index contributed by atoms with van der Waals surface area (Å²) in [4.78, 5) is 12.6. The van der Waals surface area contributed by atoms with Gasteiger partial charge in [0.1, 0.15) is 18.2 Å². The van der Waals surface area contributed by atoms with E-state index in [4.69, 9.17) is 4.74 Å². The number of esters is 1. The second kappa shape index (κ2) is 9.18. The molecule has 0 saturated heterocycles. The van der Waals surface area contributed by atoms with Crippen LogP contribution < -0.4 is 0 Å². The third-order valence-electron chi connectivity index (χ3n) is 5.46. The molecule has 0 fully saturated rings. The lowest BCUT2D eigenvalue weighted by molar-refractivity contribution is -0.146. The van der Waals surface area contributed by atoms with Gasteiger partial charge in [0.2, 0.25) is 10.0 Å². The average Bonchev–Trinajstić information content (AvgIpc) is 2.79. The summed E-state index contributed by atoms with van der Waals surface area (Å²) in [6.45, 7) is 0.144. The minimum absolute atomic E-state index is 0.0389. The highest BCUT2D eigenvalue weighted by atomic mass is 32.2. The Morgan fingerprint density at radius 3 is 2.25 bits per heavy atom. The average molecular weight is 457 g/mol. The summed E-state index contributed by atoms with van der Waals surface area (Å²) in [6, 6.07) is 16.8. The van der Waals surface area contributed by atoms with Crippen molar-refractivity contribution in [1.29, 1.82) is 0 Å². The Hall–Kier alpha value is -3.10. The molecule has 0 unspecified atom stereocenters. The van der Waals surface area contributed by atoms with Crippen molar-refractivity contribution in [1.82, 2.24) is 4.31 Å². The highest BCUT2D eigenvalue weighted by Crippen LogP contribution is 2.36. The van der Waals surface area contributed by atoms with Crippen LogP contribution in [-0.4, -0.2) is 25.2 Å². The first-order chi connectivity index (χ1) is 15.3. The maximum Gasteiger partial charge on any atom is 0.308 e. The Kier molecular flexibility index (Phi) is 6.34. The number of carbonyl (C=O) groups excluding carboxylic acids is 1. The first-order valence-corrected chi connectivity index (χ1v) is 11.5. The first-order valence-electron chi connectivity index (χ1n) is 10.1. The van der Waals surface area contributed by atoms with Gasteiger partial charge in [0.25, 0.3) is 0 Å². The molecule has 3 aromatic carbocycles. The lowest BCUT2D eigenvalue weighted by Gasteiger charge is -2.36. The molecule has 0 radical (unpaired) electrons. The van der Waals surface area contributed by atoms with Crippen molar-refractivity contribution in [2.45, 2.75) is 30.4 Å². The highest BCUT2D eigenvalue weighted by molar-refractivity contribution is 7.89. The molecule has 5 nitrogen and oxygen atoms in total. The fourth-order valence-corrected chi connectivity index (χ4v) is 5.44. The lowest BCUT2D eigenvalue weighted by atomic mass is 9.92. The van der Waals surface area contributed by atoms with E-state index in [2.05, 4.69) is 0 Å². The molecular formula is C24H21F2NO4S. The summed E-state index contributed by atoms with van der Waals surface area (Å²) >= 11 is 0. The number of benzene rings is 3. The lowest BCUT2D eigenvalue weighted by Crippen LogP contribution is -2.41. The van der Waals surface area contributed by atoms with E-state index < -0.39 is 27.9 Å². The van der Waals surface area contributed by atoms with Gasteiger partial charge in [-0.2, -0.15) is 4.31 Å². The van der Waals surface area contributed by atoms with E-state index in [1.54, 1.807) is 12.1 Å². The second-order valence-electron chi connectivity index (χ2n) is 7.53. The van der Waals surface area contributed by atoms with Gasteiger partial charge < -0.3 is 4.74 Å². The van der Waals surface area contributed by atoms with Gasteiger partial charge in [0, 0.05) is 6.54 Å². The Labute approximate surface area is 185 Å². The standard InChI is InChI=1S/C24H21F2NO4S/c25-19-7-5-17(6-8-19)16-31-24(28)15-23-22-4-2-1-3-18(22)13-14-27(23)32(29,30)21-11-9-20(26)10-12-21/h1-12,23H,13-16H2/t23-/m1/s1. The summed E-state index contributed by atoms with van der Waals surface area (Å²) < 4.78 is 59.7. The van der Waals surface area contributed by atoms with Gasteiger partial charge in [-0.15, -0.1) is 0 Å². The molecule has 32 heavy (non-hydrogen) atoms. The van der Waals surface area contributed by atoms with Gasteiger partial charge >= 0.3 is 5.97 Å². The number of hydrogen-bond donors (Lipinski definition) is 0. The second-order valence-corrected chi connectivity index (χ2v) is 9.42. The molecule has 0 aromatic heterocycles. The van der Waals surface area contributed by atoms with E-state index in [1.807, 2.05) is 12.1 Å². The fraction of sp³-hybridized carbons (Fsp3) is 0.208. The largest absolute Gasteiger partial charge is 0.461 e. The van der Waals surface area contributed by atoms with Crippen LogP contribution in [0.4, 0.5) is 8.78 Å². The normalized spacial score (nSPS) is 16.4. The predicted molar refractivity (Wildman–Crippen MR) is 114 cm³/mol. The number of hydrogen-bond acceptors (Lipinski definition) is 4. The zero-order valence-corrected chi connectivity index (χ0v) is 17.9. The van der Waals surface area contributed by atoms with E-state index in [-0.39, 0.29) is 30.3 Å². The highest BCUT2D eigenvalue weighted by Gasteiger charge is 2.37. The molecule has 3 aromatic rings. The Morgan fingerprint density at radius 1 is 0.938 bits per heavy atom. The van der Waals surface area contributed by atoms with Crippen LogP contribution in [0.2, 0.25) is 0 Å². The van der Waals surface area contributed by atoms with Crippen LogP contribution in [0.25, 0.3) is 0 Å². The zero-order chi connectivity index (χ0) is 22.7. The van der Waals surface area contributed by atoms with Crippen molar-refractivity contribution >= 4 is 16.0 Å². The molecule has 166 valence electrons. The number of halogens is 2. The van der Waals surface area contributed by atoms with E-state index in [9.17, 15) is 22.0 Å². The fourth-order valence-electron chi connectivity index (χ4n) is 3.83. The number of fused-ring (bicyclic) bond motifs is 1. The maximum absolute atomic E-state index is 13.3. The van der Waals surface area contributed by atoms with Crippen molar-refractivity contribution in [2.75, 3.05) is 6.54 Å². The molecule has 0 bridgehead atoms. The predicted octanol–water partition coefficient (Wildman–Crippen LogP) is 4.39. The van der Waals surface area contributed by atoms with Crippen LogP contribution in [0.3, 0.4) is 0 Å². The van der Waals surface area contributed by atoms with E-state index >= 15 is 0 Å². The molecule has 0 N–H and O–H groups in total. The number of carbonyl (C=O) groups is 1. The summed E-state index contributed by atoms with van der Waals surface area (Å²) in [7, 11) is -3.97. The molecule has 1 aliphatic heterocycles. The topological polar surface area (TPSA) is 63.7 Å². The van der Waals surface area contributed by atoms with Crippen molar-refractivity contribution in [3.05, 3.63) is 101 Å². The quantitative estimate of drug-likeness (QED) is 0.515. The Bertz CT molecular complexity index is 1210. The molecule has 8 heteroatoms. The third kappa shape index (κ3) is 4.71. The smallest absolute Gasteiger partial charge is 0.308 e. The molecule has 0 aliphatic carbocycles. The Morgan fingerprint density at radius 2 is 1.56 bits per heavy atom. The number of rotatable bonds is 6. The molecule has 0 amide bonds. The minimum Gasteiger partial charge on any atom is -0.461 e. The van der Waals surface area contributed by atoms with Crippen molar-refractivity contribution in [2.24, 2.45) is 0 Å². The molecular weight excluding hydrogens is 436 g/mol. The molecule has 0 spiro atoms. The van der Waals surface area contributed by atoms with Crippen molar-refractivity contribution in [3.63, 3.8) is 0 Å². The van der Waals surface area contributed by atoms with Crippen molar-refractivity contribution < 1.29 is 26.7 Å². The van der Waals surface area contributed by atoms with Crippen LogP contribution >= 0.6 is 0 Å². The van der Waals surface area contributed by atoms with Crippen molar-refractivity contribution in [3.8, 4) is 0 Å². The number of nitrogens with zero attached hydrogens (tertiary/aromatic N) is 1. The summed E-state index contributed by atoms with van der Waals surface area (Å²) in [5, 5.41) is 0. The molecule has 1 atom stereocenters. The molecule has 0 saturated carbocycles. The third-order valence-corrected chi connectivity index (χ3v) is 7.38. The number of sulfonamides is 1. The van der Waals surface area contributed by atoms with Gasteiger partial charge in [0.05, 0.1) is 17.4 Å². The first kappa shape index (κ1) is 22.1. The SMILES string of the molecule is O=C(C[C@@H]1c2ccccc2CCN1S(=O)(=O)c1ccc(F)cc1)OCc1ccc(F)cc1. The van der Waals surface area contributed by atoms with Gasteiger partial charge in [-0.3, -0.25) is 4.79 Å². The van der Waals surface area contributed by atoms with Crippen LogP contribution in [0.15, 0.2) is 77.7 Å². The van der Waals surface area contributed by atoms with Gasteiger partial charge in [-0.1, -0.05) is 36.4 Å². The molecule has 1 heterocycles.